The highest BCUT2D eigenvalue weighted by molar-refractivity contribution is 7.98. The van der Waals surface area contributed by atoms with Crippen LogP contribution in [0, 0.1) is 5.82 Å². The highest BCUT2D eigenvalue weighted by Gasteiger charge is 2.14. The summed E-state index contributed by atoms with van der Waals surface area (Å²) in [6.45, 7) is 0.782. The molecule has 0 radical (unpaired) electrons. The second kappa shape index (κ2) is 11.3. The van der Waals surface area contributed by atoms with Crippen LogP contribution in [0.3, 0.4) is 0 Å². The van der Waals surface area contributed by atoms with Crippen LogP contribution in [-0.2, 0) is 18.8 Å². The number of carbonyl (C=O) groups is 1. The van der Waals surface area contributed by atoms with E-state index in [1.165, 1.54) is 6.07 Å². The molecule has 8 heteroatoms. The van der Waals surface area contributed by atoms with Gasteiger partial charge in [0.2, 0.25) is 0 Å². The normalized spacial score (nSPS) is 11.0. The monoisotopic (exact) mass is 512 g/mol. The number of nitrogens with one attached hydrogen (secondary N) is 1. The molecule has 1 amide bonds. The van der Waals surface area contributed by atoms with Crippen molar-refractivity contribution in [1.29, 1.82) is 0 Å². The van der Waals surface area contributed by atoms with Gasteiger partial charge < -0.3 is 14.6 Å². The van der Waals surface area contributed by atoms with E-state index in [1.54, 1.807) is 43.4 Å². The Kier molecular flexibility index (Phi) is 7.46. The van der Waals surface area contributed by atoms with Gasteiger partial charge in [0.05, 0.1) is 30.9 Å². The van der Waals surface area contributed by atoms with E-state index in [2.05, 4.69) is 10.3 Å². The Morgan fingerprint density at radius 2 is 1.86 bits per heavy atom. The molecular weight excluding hydrogens is 487 g/mol. The topological polar surface area (TPSA) is 69.0 Å². The van der Waals surface area contributed by atoms with Gasteiger partial charge in [-0.15, -0.1) is 0 Å². The van der Waals surface area contributed by atoms with Crippen molar-refractivity contribution < 1.29 is 13.9 Å². The lowest BCUT2D eigenvalue weighted by atomic mass is 10.1. The summed E-state index contributed by atoms with van der Waals surface area (Å²) in [5.41, 5.74) is 4.88. The van der Waals surface area contributed by atoms with E-state index in [0.29, 0.717) is 30.0 Å². The molecule has 0 aliphatic rings. The number of hydrogen-bond donors (Lipinski definition) is 1. The predicted octanol–water partition coefficient (Wildman–Crippen LogP) is 5.85. The van der Waals surface area contributed by atoms with E-state index in [-0.39, 0.29) is 11.7 Å². The van der Waals surface area contributed by atoms with E-state index in [4.69, 9.17) is 9.72 Å². The second-order valence-electron chi connectivity index (χ2n) is 8.46. The lowest BCUT2D eigenvalue weighted by Gasteiger charge is -2.10. The van der Waals surface area contributed by atoms with Gasteiger partial charge in [-0.1, -0.05) is 54.2 Å². The maximum atomic E-state index is 14.4. The minimum Gasteiger partial charge on any atom is -0.497 e. The SMILES string of the molecule is COc1cccc(CNC(=O)c2ccc(CSc3nc4ccncc4n3Cc3ccccc3F)cc2)c1. The van der Waals surface area contributed by atoms with Crippen LogP contribution in [0.25, 0.3) is 11.0 Å². The molecule has 0 aliphatic heterocycles. The number of benzene rings is 3. The fourth-order valence-electron chi connectivity index (χ4n) is 3.97. The number of carbonyl (C=O) groups excluding carboxylic acids is 1. The zero-order valence-corrected chi connectivity index (χ0v) is 21.0. The lowest BCUT2D eigenvalue weighted by molar-refractivity contribution is 0.0951. The second-order valence-corrected chi connectivity index (χ2v) is 9.40. The Hall–Kier alpha value is -4.17. The highest BCUT2D eigenvalue weighted by atomic mass is 32.2. The number of amides is 1. The van der Waals surface area contributed by atoms with Gasteiger partial charge in [-0.3, -0.25) is 9.78 Å². The number of halogens is 1. The number of pyridine rings is 1. The van der Waals surface area contributed by atoms with Crippen LogP contribution >= 0.6 is 11.8 Å². The van der Waals surface area contributed by atoms with E-state index in [1.807, 2.05) is 65.2 Å². The standard InChI is InChI=1S/C29H25FN4O2S/c1-36-24-7-4-5-21(15-24)16-32-28(35)22-11-9-20(10-12-22)19-37-29-33-26-13-14-31-17-27(26)34(29)18-23-6-2-3-8-25(23)30/h2-15,17H,16,18-19H2,1H3,(H,32,35). The van der Waals surface area contributed by atoms with E-state index >= 15 is 0 Å². The smallest absolute Gasteiger partial charge is 0.251 e. The van der Waals surface area contributed by atoms with E-state index < -0.39 is 0 Å². The minimum atomic E-state index is -0.246. The van der Waals surface area contributed by atoms with Crippen molar-refractivity contribution in [2.24, 2.45) is 0 Å². The van der Waals surface area contributed by atoms with Crippen LogP contribution in [0.5, 0.6) is 5.75 Å². The van der Waals surface area contributed by atoms with E-state index in [9.17, 15) is 9.18 Å². The molecule has 0 saturated heterocycles. The molecule has 2 aromatic heterocycles. The number of hydrogen-bond acceptors (Lipinski definition) is 5. The first kappa shape index (κ1) is 24.5. The van der Waals surface area contributed by atoms with Gasteiger partial charge in [0.15, 0.2) is 5.16 Å². The minimum absolute atomic E-state index is 0.138. The third-order valence-corrected chi connectivity index (χ3v) is 7.02. The summed E-state index contributed by atoms with van der Waals surface area (Å²) in [6, 6.07) is 23.8. The molecule has 1 N–H and O–H groups in total. The zero-order valence-electron chi connectivity index (χ0n) is 20.2. The van der Waals surface area contributed by atoms with Gasteiger partial charge in [0, 0.05) is 29.6 Å². The summed E-state index contributed by atoms with van der Waals surface area (Å²) in [5.74, 6) is 1.03. The molecule has 37 heavy (non-hydrogen) atoms. The highest BCUT2D eigenvalue weighted by Crippen LogP contribution is 2.28. The van der Waals surface area contributed by atoms with Crippen molar-refractivity contribution in [2.45, 2.75) is 24.0 Å². The molecule has 186 valence electrons. The van der Waals surface area contributed by atoms with Crippen LogP contribution in [0.2, 0.25) is 0 Å². The number of rotatable bonds is 9. The van der Waals surface area contributed by atoms with Gasteiger partial charge in [-0.25, -0.2) is 9.37 Å². The quantitative estimate of drug-likeness (QED) is 0.251. The summed E-state index contributed by atoms with van der Waals surface area (Å²) in [7, 11) is 1.62. The summed E-state index contributed by atoms with van der Waals surface area (Å²) < 4.78 is 21.6. The predicted molar refractivity (Wildman–Crippen MR) is 143 cm³/mol. The molecule has 0 fully saturated rings. The fourth-order valence-corrected chi connectivity index (χ4v) is 4.94. The number of ether oxygens (including phenoxy) is 1. The van der Waals surface area contributed by atoms with Gasteiger partial charge in [-0.2, -0.15) is 0 Å². The van der Waals surface area contributed by atoms with Crippen molar-refractivity contribution >= 4 is 28.7 Å². The van der Waals surface area contributed by atoms with E-state index in [0.717, 1.165) is 33.1 Å². The van der Waals surface area contributed by atoms with Crippen LogP contribution < -0.4 is 10.1 Å². The Bertz CT molecular complexity index is 1540. The Labute approximate surface area is 218 Å². The molecule has 0 aliphatic carbocycles. The zero-order chi connectivity index (χ0) is 25.6. The maximum Gasteiger partial charge on any atom is 0.251 e. The number of imidazole rings is 1. The van der Waals surface area contributed by atoms with Crippen LogP contribution in [-0.4, -0.2) is 27.6 Å². The third kappa shape index (κ3) is 5.81. The third-order valence-electron chi connectivity index (χ3n) is 5.97. The summed E-state index contributed by atoms with van der Waals surface area (Å²) in [5, 5.41) is 3.73. The summed E-state index contributed by atoms with van der Waals surface area (Å²) in [6.07, 6.45) is 3.46. The van der Waals surface area contributed by atoms with Crippen molar-refractivity contribution in [1.82, 2.24) is 19.9 Å². The first-order valence-corrected chi connectivity index (χ1v) is 12.8. The molecule has 5 aromatic rings. The number of fused-ring (bicyclic) bond motifs is 1. The Morgan fingerprint density at radius 3 is 2.68 bits per heavy atom. The van der Waals surface area contributed by atoms with Crippen molar-refractivity contribution in [2.75, 3.05) is 7.11 Å². The maximum absolute atomic E-state index is 14.4. The molecule has 0 saturated carbocycles. The average molecular weight is 513 g/mol. The van der Waals surface area contributed by atoms with Crippen molar-refractivity contribution in [3.8, 4) is 5.75 Å². The van der Waals surface area contributed by atoms with Gasteiger partial charge in [0.1, 0.15) is 11.6 Å². The van der Waals surface area contributed by atoms with Gasteiger partial charge >= 0.3 is 0 Å². The van der Waals surface area contributed by atoms with Crippen molar-refractivity contribution in [3.05, 3.63) is 119 Å². The Balaban J connectivity index is 1.26. The number of nitrogens with zero attached hydrogens (tertiary/aromatic N) is 3. The molecule has 0 atom stereocenters. The van der Waals surface area contributed by atoms with Crippen LogP contribution in [0.4, 0.5) is 4.39 Å². The first-order valence-electron chi connectivity index (χ1n) is 11.8. The van der Waals surface area contributed by atoms with Gasteiger partial charge in [0.25, 0.3) is 5.91 Å². The average Bonchev–Trinajstić information content (AvgIpc) is 3.29. The Morgan fingerprint density at radius 1 is 1.03 bits per heavy atom. The molecule has 2 heterocycles. The summed E-state index contributed by atoms with van der Waals surface area (Å²) in [4.78, 5) is 21.6. The molecule has 0 spiro atoms. The van der Waals surface area contributed by atoms with Crippen molar-refractivity contribution in [3.63, 3.8) is 0 Å². The van der Waals surface area contributed by atoms with Crippen LogP contribution in [0.15, 0.2) is 96.4 Å². The fraction of sp³-hybridized carbons (Fsp3) is 0.138. The molecule has 5 rings (SSSR count). The summed E-state index contributed by atoms with van der Waals surface area (Å²) >= 11 is 1.57. The number of aromatic nitrogens is 3. The molecule has 6 nitrogen and oxygen atoms in total. The van der Waals surface area contributed by atoms with Crippen LogP contribution in [0.1, 0.15) is 27.0 Å². The molecular formula is C29H25FN4O2S. The molecule has 3 aromatic carbocycles. The molecule has 0 unspecified atom stereocenters. The molecule has 0 bridgehead atoms. The van der Waals surface area contributed by atoms with Gasteiger partial charge in [-0.05, 0) is 47.5 Å². The number of methoxy groups -OCH3 is 1. The lowest BCUT2D eigenvalue weighted by Crippen LogP contribution is -2.22. The number of thioether (sulfide) groups is 1. The first-order chi connectivity index (χ1) is 18.1. The largest absolute Gasteiger partial charge is 0.497 e.